The summed E-state index contributed by atoms with van der Waals surface area (Å²) < 4.78 is 0. The molecule has 1 aromatic rings. The van der Waals surface area contributed by atoms with Crippen LogP contribution in [-0.2, 0) is 11.2 Å². The molecule has 19 heavy (non-hydrogen) atoms. The fourth-order valence-electron chi connectivity index (χ4n) is 1.84. The summed E-state index contributed by atoms with van der Waals surface area (Å²) in [7, 11) is 3.98. The van der Waals surface area contributed by atoms with E-state index in [0.29, 0.717) is 13.0 Å². The predicted octanol–water partition coefficient (Wildman–Crippen LogP) is 1.01. The summed E-state index contributed by atoms with van der Waals surface area (Å²) in [5, 5.41) is 2.90. The smallest absolute Gasteiger partial charge is 0.220 e. The second-order valence-corrected chi connectivity index (χ2v) is 5.14. The number of amides is 1. The maximum absolute atomic E-state index is 11.6. The van der Waals surface area contributed by atoms with Crippen LogP contribution >= 0.6 is 0 Å². The molecule has 0 fully saturated rings. The highest BCUT2D eigenvalue weighted by atomic mass is 16.1. The van der Waals surface area contributed by atoms with Gasteiger partial charge >= 0.3 is 0 Å². The predicted molar refractivity (Wildman–Crippen MR) is 78.9 cm³/mol. The lowest BCUT2D eigenvalue weighted by molar-refractivity contribution is -0.121. The Morgan fingerprint density at radius 2 is 2.00 bits per heavy atom. The van der Waals surface area contributed by atoms with Gasteiger partial charge in [0.2, 0.25) is 5.91 Å². The largest absolute Gasteiger partial charge is 0.355 e. The molecule has 0 spiro atoms. The highest BCUT2D eigenvalue weighted by Crippen LogP contribution is 2.05. The Hall–Kier alpha value is -1.39. The Balaban J connectivity index is 2.16. The Morgan fingerprint density at radius 3 is 2.63 bits per heavy atom. The number of hydrogen-bond donors (Lipinski definition) is 2. The number of nitrogens with zero attached hydrogens (tertiary/aromatic N) is 1. The fraction of sp³-hybridized carbons (Fsp3) is 0.533. The second-order valence-electron chi connectivity index (χ2n) is 5.14. The quantitative estimate of drug-likeness (QED) is 0.736. The summed E-state index contributed by atoms with van der Waals surface area (Å²) >= 11 is 0. The molecule has 1 amide bonds. The maximum atomic E-state index is 11.6. The molecule has 0 saturated heterocycles. The van der Waals surface area contributed by atoms with E-state index in [9.17, 15) is 4.79 Å². The van der Waals surface area contributed by atoms with Gasteiger partial charge in [0.15, 0.2) is 0 Å². The number of carbonyl (C=O) groups excluding carboxylic acids is 1. The van der Waals surface area contributed by atoms with Gasteiger partial charge in [-0.3, -0.25) is 4.79 Å². The van der Waals surface area contributed by atoms with Gasteiger partial charge in [0.25, 0.3) is 0 Å². The van der Waals surface area contributed by atoms with Crippen LogP contribution in [0.4, 0.5) is 0 Å². The molecule has 4 nitrogen and oxygen atoms in total. The fourth-order valence-corrected chi connectivity index (χ4v) is 1.84. The number of carbonyl (C=O) groups is 1. The lowest BCUT2D eigenvalue weighted by Crippen LogP contribution is -2.32. The Kier molecular flexibility index (Phi) is 7.15. The third-order valence-electron chi connectivity index (χ3n) is 2.96. The topological polar surface area (TPSA) is 58.4 Å². The van der Waals surface area contributed by atoms with Gasteiger partial charge < -0.3 is 16.0 Å². The summed E-state index contributed by atoms with van der Waals surface area (Å²) in [6.45, 7) is 1.56. The maximum Gasteiger partial charge on any atom is 0.220 e. The molecule has 3 N–H and O–H groups in total. The first kappa shape index (κ1) is 15.7. The standard InChI is InChI=1S/C15H25N3O/c1-18(2)11-10-17-15(19)9-8-14(16)12-13-6-4-3-5-7-13/h3-7,14H,8-12,16H2,1-2H3,(H,17,19). The molecular formula is C15H25N3O. The van der Waals surface area contributed by atoms with Gasteiger partial charge in [-0.15, -0.1) is 0 Å². The van der Waals surface area contributed by atoms with Gasteiger partial charge in [0, 0.05) is 25.6 Å². The Labute approximate surface area is 116 Å². The van der Waals surface area contributed by atoms with Gasteiger partial charge in [0.1, 0.15) is 0 Å². The first-order valence-electron chi connectivity index (χ1n) is 6.79. The van der Waals surface area contributed by atoms with Gasteiger partial charge in [-0.1, -0.05) is 30.3 Å². The summed E-state index contributed by atoms with van der Waals surface area (Å²) in [6, 6.07) is 10.2. The lowest BCUT2D eigenvalue weighted by atomic mass is 10.0. The van der Waals surface area contributed by atoms with E-state index in [0.717, 1.165) is 19.4 Å². The molecule has 0 radical (unpaired) electrons. The van der Waals surface area contributed by atoms with Crippen molar-refractivity contribution in [2.24, 2.45) is 5.73 Å². The molecular weight excluding hydrogens is 238 g/mol. The van der Waals surface area contributed by atoms with Gasteiger partial charge in [0.05, 0.1) is 0 Å². The average molecular weight is 263 g/mol. The van der Waals surface area contributed by atoms with Crippen LogP contribution in [0.15, 0.2) is 30.3 Å². The van der Waals surface area contributed by atoms with E-state index >= 15 is 0 Å². The molecule has 0 heterocycles. The number of hydrogen-bond acceptors (Lipinski definition) is 3. The molecule has 0 aliphatic heterocycles. The van der Waals surface area contributed by atoms with Crippen molar-refractivity contribution in [3.63, 3.8) is 0 Å². The minimum absolute atomic E-state index is 0.0435. The van der Waals surface area contributed by atoms with Crippen LogP contribution in [0.2, 0.25) is 0 Å². The SMILES string of the molecule is CN(C)CCNC(=O)CCC(N)Cc1ccccc1. The third-order valence-corrected chi connectivity index (χ3v) is 2.96. The molecule has 0 saturated carbocycles. The summed E-state index contributed by atoms with van der Waals surface area (Å²) in [5.74, 6) is 0.0883. The van der Waals surface area contributed by atoms with Gasteiger partial charge in [-0.05, 0) is 32.5 Å². The molecule has 0 aromatic heterocycles. The van der Waals surface area contributed by atoms with E-state index in [1.54, 1.807) is 0 Å². The van der Waals surface area contributed by atoms with Crippen LogP contribution in [-0.4, -0.2) is 44.0 Å². The van der Waals surface area contributed by atoms with Crippen LogP contribution in [0.5, 0.6) is 0 Å². The zero-order valence-corrected chi connectivity index (χ0v) is 11.9. The van der Waals surface area contributed by atoms with Crippen molar-refractivity contribution in [1.82, 2.24) is 10.2 Å². The number of nitrogens with one attached hydrogen (secondary N) is 1. The molecule has 0 aliphatic carbocycles. The van der Waals surface area contributed by atoms with Crippen LogP contribution < -0.4 is 11.1 Å². The van der Waals surface area contributed by atoms with Crippen molar-refractivity contribution >= 4 is 5.91 Å². The van der Waals surface area contributed by atoms with E-state index in [-0.39, 0.29) is 11.9 Å². The number of likely N-dealkylation sites (N-methyl/N-ethyl adjacent to an activating group) is 1. The average Bonchev–Trinajstić information content (AvgIpc) is 2.37. The van der Waals surface area contributed by atoms with Crippen LogP contribution in [0.1, 0.15) is 18.4 Å². The normalized spacial score (nSPS) is 12.4. The van der Waals surface area contributed by atoms with Gasteiger partial charge in [-0.2, -0.15) is 0 Å². The van der Waals surface area contributed by atoms with Crippen LogP contribution in [0.25, 0.3) is 0 Å². The van der Waals surface area contributed by atoms with Gasteiger partial charge in [-0.25, -0.2) is 0 Å². The summed E-state index contributed by atoms with van der Waals surface area (Å²) in [4.78, 5) is 13.6. The molecule has 1 unspecified atom stereocenters. The van der Waals surface area contributed by atoms with Crippen molar-refractivity contribution < 1.29 is 4.79 Å². The van der Waals surface area contributed by atoms with Crippen molar-refractivity contribution in [2.75, 3.05) is 27.2 Å². The van der Waals surface area contributed by atoms with Crippen LogP contribution in [0, 0.1) is 0 Å². The number of nitrogens with two attached hydrogens (primary N) is 1. The lowest BCUT2D eigenvalue weighted by Gasteiger charge is -2.13. The molecule has 4 heteroatoms. The molecule has 1 atom stereocenters. The molecule has 0 aliphatic rings. The van der Waals surface area contributed by atoms with E-state index in [4.69, 9.17) is 5.73 Å². The zero-order chi connectivity index (χ0) is 14.1. The molecule has 0 bridgehead atoms. The van der Waals surface area contributed by atoms with Crippen molar-refractivity contribution in [2.45, 2.75) is 25.3 Å². The van der Waals surface area contributed by atoms with Crippen molar-refractivity contribution in [1.29, 1.82) is 0 Å². The first-order chi connectivity index (χ1) is 9.08. The third kappa shape index (κ3) is 7.59. The minimum Gasteiger partial charge on any atom is -0.355 e. The first-order valence-corrected chi connectivity index (χ1v) is 6.79. The highest BCUT2D eigenvalue weighted by molar-refractivity contribution is 5.75. The summed E-state index contributed by atoms with van der Waals surface area (Å²) in [6.07, 6.45) is 2.05. The van der Waals surface area contributed by atoms with Crippen LogP contribution in [0.3, 0.4) is 0 Å². The minimum atomic E-state index is 0.0435. The monoisotopic (exact) mass is 263 g/mol. The zero-order valence-electron chi connectivity index (χ0n) is 11.9. The van der Waals surface area contributed by atoms with E-state index in [1.165, 1.54) is 5.56 Å². The molecule has 1 rings (SSSR count). The number of rotatable bonds is 8. The summed E-state index contributed by atoms with van der Waals surface area (Å²) in [5.41, 5.74) is 7.27. The van der Waals surface area contributed by atoms with E-state index < -0.39 is 0 Å². The van der Waals surface area contributed by atoms with E-state index in [1.807, 2.05) is 37.2 Å². The Bertz CT molecular complexity index is 365. The van der Waals surface area contributed by atoms with Crippen molar-refractivity contribution in [3.05, 3.63) is 35.9 Å². The Morgan fingerprint density at radius 1 is 1.32 bits per heavy atom. The highest BCUT2D eigenvalue weighted by Gasteiger charge is 2.07. The van der Waals surface area contributed by atoms with E-state index in [2.05, 4.69) is 17.4 Å². The second kappa shape index (κ2) is 8.67. The molecule has 106 valence electrons. The molecule has 1 aromatic carbocycles. The number of benzene rings is 1. The van der Waals surface area contributed by atoms with Crippen molar-refractivity contribution in [3.8, 4) is 0 Å².